The van der Waals surface area contributed by atoms with Crippen LogP contribution in [-0.4, -0.2) is 10.2 Å². The van der Waals surface area contributed by atoms with Crippen molar-refractivity contribution in [3.8, 4) is 22.6 Å². The highest BCUT2D eigenvalue weighted by Crippen LogP contribution is 2.38. The topological polar surface area (TPSA) is 40.5 Å². The molecule has 2 N–H and O–H groups in total. The Morgan fingerprint density at radius 2 is 0.705 bits per heavy atom. The lowest BCUT2D eigenvalue weighted by Crippen LogP contribution is -2.05. The fraction of sp³-hybridized carbons (Fsp3) is 0.143. The van der Waals surface area contributed by atoms with Crippen molar-refractivity contribution in [2.45, 2.75) is 39.5 Å². The molecule has 0 heterocycles. The summed E-state index contributed by atoms with van der Waals surface area (Å²) in [6.07, 6.45) is 0. The molecule has 0 aliphatic carbocycles. The number of benzene rings is 6. The van der Waals surface area contributed by atoms with Gasteiger partial charge in [-0.3, -0.25) is 0 Å². The Morgan fingerprint density at radius 3 is 1.05 bits per heavy atom. The first-order valence-corrected chi connectivity index (χ1v) is 15.2. The highest BCUT2D eigenvalue weighted by Gasteiger charge is 2.20. The molecule has 0 radical (unpaired) electrons. The van der Waals surface area contributed by atoms with Gasteiger partial charge in [-0.1, -0.05) is 132 Å². The van der Waals surface area contributed by atoms with Crippen LogP contribution in [0.1, 0.15) is 67.5 Å². The molecule has 6 aromatic rings. The maximum Gasteiger partial charge on any atom is 0.118 e. The molecule has 6 aromatic carbocycles. The first-order valence-electron chi connectivity index (χ1n) is 15.2. The van der Waals surface area contributed by atoms with E-state index in [0.29, 0.717) is 11.5 Å². The van der Waals surface area contributed by atoms with Gasteiger partial charge >= 0.3 is 0 Å². The smallest absolute Gasteiger partial charge is 0.118 e. The van der Waals surface area contributed by atoms with Crippen LogP contribution in [-0.2, 0) is 0 Å². The van der Waals surface area contributed by atoms with Crippen molar-refractivity contribution in [3.05, 3.63) is 189 Å². The molecular formula is C42H38O2. The third kappa shape index (κ3) is 6.02. The predicted molar refractivity (Wildman–Crippen MR) is 182 cm³/mol. The molecule has 0 saturated heterocycles. The molecule has 2 nitrogen and oxygen atoms in total. The predicted octanol–water partition coefficient (Wildman–Crippen LogP) is 10.4. The van der Waals surface area contributed by atoms with E-state index in [1.54, 1.807) is 12.1 Å². The van der Waals surface area contributed by atoms with Gasteiger partial charge in [0.05, 0.1) is 0 Å². The van der Waals surface area contributed by atoms with E-state index in [9.17, 15) is 10.2 Å². The van der Waals surface area contributed by atoms with Gasteiger partial charge in [-0.05, 0) is 95.5 Å². The molecule has 0 fully saturated rings. The molecule has 2 heteroatoms. The van der Waals surface area contributed by atoms with Gasteiger partial charge in [0, 0.05) is 11.8 Å². The van der Waals surface area contributed by atoms with E-state index in [1.807, 2.05) is 38.1 Å². The van der Waals surface area contributed by atoms with Crippen LogP contribution in [0, 0.1) is 27.7 Å². The van der Waals surface area contributed by atoms with Gasteiger partial charge in [0.25, 0.3) is 0 Å². The van der Waals surface area contributed by atoms with Crippen LogP contribution >= 0.6 is 0 Å². The molecule has 0 amide bonds. The molecule has 0 bridgehead atoms. The zero-order chi connectivity index (χ0) is 30.8. The van der Waals surface area contributed by atoms with Crippen LogP contribution in [0.5, 0.6) is 11.5 Å². The minimum Gasteiger partial charge on any atom is -0.508 e. The largest absolute Gasteiger partial charge is 0.508 e. The minimum atomic E-state index is -0.0329. The van der Waals surface area contributed by atoms with Crippen molar-refractivity contribution in [3.63, 3.8) is 0 Å². The number of aromatic hydroxyl groups is 2. The summed E-state index contributed by atoms with van der Waals surface area (Å²) in [5, 5.41) is 20.4. The third-order valence-corrected chi connectivity index (χ3v) is 8.68. The van der Waals surface area contributed by atoms with Crippen LogP contribution in [0.3, 0.4) is 0 Å². The summed E-state index contributed by atoms with van der Waals surface area (Å²) < 4.78 is 0. The summed E-state index contributed by atoms with van der Waals surface area (Å²) in [6, 6.07) is 47.0. The lowest BCUT2D eigenvalue weighted by atomic mass is 9.82. The average Bonchev–Trinajstić information content (AvgIpc) is 3.02. The third-order valence-electron chi connectivity index (χ3n) is 8.68. The number of rotatable bonds is 7. The quantitative estimate of drug-likeness (QED) is 0.186. The fourth-order valence-corrected chi connectivity index (χ4v) is 6.31. The highest BCUT2D eigenvalue weighted by atomic mass is 16.3. The van der Waals surface area contributed by atoms with E-state index in [0.717, 1.165) is 33.4 Å². The lowest BCUT2D eigenvalue weighted by molar-refractivity contribution is 0.470. The molecule has 218 valence electrons. The van der Waals surface area contributed by atoms with Crippen molar-refractivity contribution in [1.82, 2.24) is 0 Å². The maximum absolute atomic E-state index is 10.2. The van der Waals surface area contributed by atoms with E-state index in [-0.39, 0.29) is 11.8 Å². The molecule has 0 atom stereocenters. The monoisotopic (exact) mass is 574 g/mol. The van der Waals surface area contributed by atoms with Gasteiger partial charge in [-0.15, -0.1) is 0 Å². The molecule has 6 rings (SSSR count). The summed E-state index contributed by atoms with van der Waals surface area (Å²) in [4.78, 5) is 0. The zero-order valence-electron chi connectivity index (χ0n) is 25.8. The van der Waals surface area contributed by atoms with Gasteiger partial charge in [-0.2, -0.15) is 0 Å². The second kappa shape index (κ2) is 12.3. The van der Waals surface area contributed by atoms with E-state index in [2.05, 4.69) is 111 Å². The second-order valence-corrected chi connectivity index (χ2v) is 12.0. The Bertz CT molecular complexity index is 1820. The van der Waals surface area contributed by atoms with E-state index >= 15 is 0 Å². The molecule has 0 aliphatic rings. The lowest BCUT2D eigenvalue weighted by Gasteiger charge is -2.21. The van der Waals surface area contributed by atoms with Crippen molar-refractivity contribution >= 4 is 0 Å². The van der Waals surface area contributed by atoms with Gasteiger partial charge < -0.3 is 10.2 Å². The first kappa shape index (κ1) is 29.0. The maximum atomic E-state index is 10.2. The van der Waals surface area contributed by atoms with Crippen molar-refractivity contribution in [2.24, 2.45) is 0 Å². The van der Waals surface area contributed by atoms with Gasteiger partial charge in [0.15, 0.2) is 0 Å². The Kier molecular flexibility index (Phi) is 8.09. The van der Waals surface area contributed by atoms with E-state index in [4.69, 9.17) is 0 Å². The van der Waals surface area contributed by atoms with E-state index < -0.39 is 0 Å². The van der Waals surface area contributed by atoms with Crippen LogP contribution in [0.2, 0.25) is 0 Å². The van der Waals surface area contributed by atoms with Crippen LogP contribution < -0.4 is 0 Å². The van der Waals surface area contributed by atoms with E-state index in [1.165, 1.54) is 33.4 Å². The zero-order valence-corrected chi connectivity index (χ0v) is 25.8. The molecule has 0 aromatic heterocycles. The first-order chi connectivity index (χ1) is 21.3. The summed E-state index contributed by atoms with van der Waals surface area (Å²) in [5.41, 5.74) is 13.8. The molecule has 0 unspecified atom stereocenters. The van der Waals surface area contributed by atoms with Crippen LogP contribution in [0.15, 0.2) is 133 Å². The molecule has 0 spiro atoms. The normalized spacial score (nSPS) is 11.3. The standard InChI is InChI=1S/C42H38O2/c1-27-7-5-9-35(23-27)41(36-10-6-8-28(2)24-36)33-15-11-31(12-16-33)32-13-17-34(18-14-32)42(37-19-21-39(43)29(3)25-37)38-20-22-40(44)30(4)26-38/h5-26,41-44H,1-4H3. The molecular weight excluding hydrogens is 536 g/mol. The Morgan fingerprint density at radius 1 is 0.364 bits per heavy atom. The number of phenolic OH excluding ortho intramolecular Hbond substituents is 2. The number of hydrogen-bond donors (Lipinski definition) is 2. The van der Waals surface area contributed by atoms with Gasteiger partial charge in [-0.25, -0.2) is 0 Å². The highest BCUT2D eigenvalue weighted by molar-refractivity contribution is 5.65. The SMILES string of the molecule is Cc1cccc(C(c2ccc(-c3ccc(C(c4ccc(O)c(C)c4)c4ccc(O)c(C)c4)cc3)cc2)c2cccc(C)c2)c1. The van der Waals surface area contributed by atoms with Gasteiger partial charge in [0.1, 0.15) is 11.5 Å². The van der Waals surface area contributed by atoms with Crippen LogP contribution in [0.25, 0.3) is 11.1 Å². The van der Waals surface area contributed by atoms with Gasteiger partial charge in [0.2, 0.25) is 0 Å². The average molecular weight is 575 g/mol. The van der Waals surface area contributed by atoms with Crippen molar-refractivity contribution in [1.29, 1.82) is 0 Å². The molecule has 44 heavy (non-hydrogen) atoms. The molecule has 0 saturated carbocycles. The second-order valence-electron chi connectivity index (χ2n) is 12.0. The summed E-state index contributed by atoms with van der Waals surface area (Å²) in [7, 11) is 0. The molecule has 0 aliphatic heterocycles. The Hall–Kier alpha value is -5.08. The minimum absolute atomic E-state index is 0.0329. The van der Waals surface area contributed by atoms with Crippen LogP contribution in [0.4, 0.5) is 0 Å². The fourth-order valence-electron chi connectivity index (χ4n) is 6.31. The van der Waals surface area contributed by atoms with Crippen molar-refractivity contribution in [2.75, 3.05) is 0 Å². The summed E-state index contributed by atoms with van der Waals surface area (Å²) >= 11 is 0. The number of hydrogen-bond acceptors (Lipinski definition) is 2. The Labute approximate surface area is 260 Å². The Balaban J connectivity index is 1.34. The summed E-state index contributed by atoms with van der Waals surface area (Å²) in [5.74, 6) is 0.712. The van der Waals surface area contributed by atoms with Crippen molar-refractivity contribution < 1.29 is 10.2 Å². The number of aryl methyl sites for hydroxylation is 4. The number of phenols is 2. The summed E-state index contributed by atoms with van der Waals surface area (Å²) in [6.45, 7) is 8.15.